The van der Waals surface area contributed by atoms with E-state index in [4.69, 9.17) is 5.14 Å². The number of rotatable bonds is 4. The van der Waals surface area contributed by atoms with Gasteiger partial charge in [0.2, 0.25) is 15.9 Å². The number of nitrogens with one attached hydrogen (secondary N) is 1. The van der Waals surface area contributed by atoms with Crippen LogP contribution in [0, 0.1) is 11.8 Å². The molecule has 0 radical (unpaired) electrons. The standard InChI is InChI=1S/C14H18N2O5S/c15-22(20,21)10-7-5-9(6-8-10)16-13(17)11-3-1-2-4-12(11)14(18)19/h5-8,11-12H,1-4H2,(H,16,17)(H,18,19)(H2,15,20,21)/p-1/t11-,12-/m1/s1. The molecule has 7 nitrogen and oxygen atoms in total. The third kappa shape index (κ3) is 3.83. The average molecular weight is 325 g/mol. The summed E-state index contributed by atoms with van der Waals surface area (Å²) in [7, 11) is -3.79. The molecule has 3 N–H and O–H groups in total. The fourth-order valence-corrected chi connectivity index (χ4v) is 3.21. The minimum atomic E-state index is -3.79. The molecule has 1 aliphatic carbocycles. The smallest absolute Gasteiger partial charge is 0.238 e. The zero-order chi connectivity index (χ0) is 16.3. The van der Waals surface area contributed by atoms with Gasteiger partial charge in [0, 0.05) is 23.5 Å². The highest BCUT2D eigenvalue weighted by Gasteiger charge is 2.31. The Bertz CT molecular complexity index is 669. The van der Waals surface area contributed by atoms with Crippen molar-refractivity contribution < 1.29 is 23.1 Å². The third-order valence-electron chi connectivity index (χ3n) is 3.86. The van der Waals surface area contributed by atoms with Gasteiger partial charge in [-0.1, -0.05) is 12.8 Å². The molecule has 2 rings (SSSR count). The predicted octanol–water partition coefficient (Wildman–Crippen LogP) is -0.171. The van der Waals surface area contributed by atoms with Crippen LogP contribution in [0.15, 0.2) is 29.2 Å². The number of hydrogen-bond acceptors (Lipinski definition) is 5. The number of anilines is 1. The Hall–Kier alpha value is -1.93. The van der Waals surface area contributed by atoms with Crippen LogP contribution in [-0.2, 0) is 19.6 Å². The number of sulfonamides is 1. The first-order chi connectivity index (χ1) is 10.3. The van der Waals surface area contributed by atoms with Crippen LogP contribution < -0.4 is 15.6 Å². The number of nitrogens with two attached hydrogens (primary N) is 1. The molecule has 1 aromatic rings. The number of carbonyl (C=O) groups excluding carboxylic acids is 2. The van der Waals surface area contributed by atoms with Crippen molar-refractivity contribution in [1.82, 2.24) is 0 Å². The van der Waals surface area contributed by atoms with Gasteiger partial charge in [0.15, 0.2) is 0 Å². The Morgan fingerprint density at radius 1 is 1.09 bits per heavy atom. The van der Waals surface area contributed by atoms with Gasteiger partial charge in [0.1, 0.15) is 0 Å². The van der Waals surface area contributed by atoms with Crippen LogP contribution in [0.5, 0.6) is 0 Å². The Labute approximate surface area is 128 Å². The van der Waals surface area contributed by atoms with Gasteiger partial charge in [-0.05, 0) is 37.1 Å². The summed E-state index contributed by atoms with van der Waals surface area (Å²) >= 11 is 0. The molecule has 1 aromatic carbocycles. The van der Waals surface area contributed by atoms with Crippen molar-refractivity contribution in [3.63, 3.8) is 0 Å². The molecule has 0 aliphatic heterocycles. The first kappa shape index (κ1) is 16.4. The summed E-state index contributed by atoms with van der Waals surface area (Å²) in [6.45, 7) is 0. The molecule has 2 atom stereocenters. The minimum absolute atomic E-state index is 0.0595. The summed E-state index contributed by atoms with van der Waals surface area (Å²) in [5.41, 5.74) is 0.389. The Kier molecular flexibility index (Phi) is 4.82. The van der Waals surface area contributed by atoms with Crippen molar-refractivity contribution in [2.75, 3.05) is 5.32 Å². The van der Waals surface area contributed by atoms with E-state index in [0.717, 1.165) is 12.8 Å². The van der Waals surface area contributed by atoms with Gasteiger partial charge in [-0.25, -0.2) is 13.6 Å². The Balaban J connectivity index is 2.09. The van der Waals surface area contributed by atoms with Gasteiger partial charge < -0.3 is 15.2 Å². The summed E-state index contributed by atoms with van der Waals surface area (Å²) in [4.78, 5) is 23.3. The van der Waals surface area contributed by atoms with Crippen LogP contribution in [0.2, 0.25) is 0 Å². The summed E-state index contributed by atoms with van der Waals surface area (Å²) in [6, 6.07) is 5.38. The summed E-state index contributed by atoms with van der Waals surface area (Å²) < 4.78 is 22.3. The van der Waals surface area contributed by atoms with E-state index >= 15 is 0 Å². The molecule has 0 saturated heterocycles. The van der Waals surface area contributed by atoms with Crippen molar-refractivity contribution in [2.24, 2.45) is 17.0 Å². The second kappa shape index (κ2) is 6.45. The molecular weight excluding hydrogens is 308 g/mol. The summed E-state index contributed by atoms with van der Waals surface area (Å²) in [5.74, 6) is -3.00. The monoisotopic (exact) mass is 325 g/mol. The predicted molar refractivity (Wildman–Crippen MR) is 76.9 cm³/mol. The van der Waals surface area contributed by atoms with Gasteiger partial charge in [0.05, 0.1) is 4.90 Å². The Morgan fingerprint density at radius 2 is 1.64 bits per heavy atom. The molecule has 0 spiro atoms. The molecule has 22 heavy (non-hydrogen) atoms. The maximum atomic E-state index is 12.2. The van der Waals surface area contributed by atoms with Crippen molar-refractivity contribution >= 4 is 27.6 Å². The molecule has 1 aliphatic rings. The number of hydrogen-bond donors (Lipinski definition) is 2. The maximum absolute atomic E-state index is 12.2. The van der Waals surface area contributed by atoms with E-state index in [0.29, 0.717) is 18.5 Å². The van der Waals surface area contributed by atoms with Crippen LogP contribution in [0.4, 0.5) is 5.69 Å². The summed E-state index contributed by atoms with van der Waals surface area (Å²) in [6.07, 6.45) is 2.50. The lowest BCUT2D eigenvalue weighted by Gasteiger charge is -2.31. The number of amides is 1. The van der Waals surface area contributed by atoms with Crippen molar-refractivity contribution in [2.45, 2.75) is 30.6 Å². The molecule has 0 heterocycles. The number of aliphatic carboxylic acids is 1. The SMILES string of the molecule is NS(=O)(=O)c1ccc(NC(=O)[C@@H]2CCCC[C@H]2C(=O)[O-])cc1. The number of carboxylic acids is 1. The van der Waals surface area contributed by atoms with Gasteiger partial charge in [-0.2, -0.15) is 0 Å². The second-order valence-electron chi connectivity index (χ2n) is 5.38. The van der Waals surface area contributed by atoms with Crippen molar-refractivity contribution in [3.05, 3.63) is 24.3 Å². The fraction of sp³-hybridized carbons (Fsp3) is 0.429. The molecular formula is C14H17N2O5S-. The van der Waals surface area contributed by atoms with E-state index in [1.165, 1.54) is 24.3 Å². The number of carbonyl (C=O) groups is 2. The molecule has 1 saturated carbocycles. The van der Waals surface area contributed by atoms with Crippen LogP contribution >= 0.6 is 0 Å². The van der Waals surface area contributed by atoms with Crippen molar-refractivity contribution in [3.8, 4) is 0 Å². The third-order valence-corrected chi connectivity index (χ3v) is 4.79. The van der Waals surface area contributed by atoms with Gasteiger partial charge in [-0.3, -0.25) is 4.79 Å². The van der Waals surface area contributed by atoms with E-state index in [1.54, 1.807) is 0 Å². The largest absolute Gasteiger partial charge is 0.550 e. The van der Waals surface area contributed by atoms with E-state index in [2.05, 4.69) is 5.32 Å². The first-order valence-electron chi connectivity index (χ1n) is 6.93. The summed E-state index contributed by atoms with van der Waals surface area (Å²) in [5, 5.41) is 18.7. The van der Waals surface area contributed by atoms with E-state index in [-0.39, 0.29) is 4.90 Å². The lowest BCUT2D eigenvalue weighted by molar-refractivity contribution is -0.313. The number of benzene rings is 1. The zero-order valence-corrected chi connectivity index (χ0v) is 12.6. The molecule has 120 valence electrons. The van der Waals surface area contributed by atoms with E-state index in [9.17, 15) is 23.1 Å². The van der Waals surface area contributed by atoms with Crippen molar-refractivity contribution in [1.29, 1.82) is 0 Å². The minimum Gasteiger partial charge on any atom is -0.550 e. The lowest BCUT2D eigenvalue weighted by Crippen LogP contribution is -2.42. The molecule has 0 bridgehead atoms. The number of primary sulfonamides is 1. The van der Waals surface area contributed by atoms with E-state index in [1.807, 2.05) is 0 Å². The molecule has 8 heteroatoms. The lowest BCUT2D eigenvalue weighted by atomic mass is 9.78. The quantitative estimate of drug-likeness (QED) is 0.794. The highest BCUT2D eigenvalue weighted by Crippen LogP contribution is 2.30. The molecule has 1 fully saturated rings. The molecule has 1 amide bonds. The average Bonchev–Trinajstić information content (AvgIpc) is 2.46. The Morgan fingerprint density at radius 3 is 2.14 bits per heavy atom. The highest BCUT2D eigenvalue weighted by atomic mass is 32.2. The fourth-order valence-electron chi connectivity index (χ4n) is 2.69. The normalized spacial score (nSPS) is 22.0. The van der Waals surface area contributed by atoms with Crippen LogP contribution in [0.25, 0.3) is 0 Å². The second-order valence-corrected chi connectivity index (χ2v) is 6.94. The number of carboxylic acid groups (broad SMARTS) is 1. The first-order valence-corrected chi connectivity index (χ1v) is 8.48. The van der Waals surface area contributed by atoms with Crippen LogP contribution in [-0.4, -0.2) is 20.3 Å². The van der Waals surface area contributed by atoms with E-state index < -0.39 is 33.7 Å². The molecule has 0 unspecified atom stereocenters. The zero-order valence-electron chi connectivity index (χ0n) is 11.8. The molecule has 0 aromatic heterocycles. The van der Waals surface area contributed by atoms with Crippen LogP contribution in [0.1, 0.15) is 25.7 Å². The van der Waals surface area contributed by atoms with Gasteiger partial charge in [0.25, 0.3) is 0 Å². The maximum Gasteiger partial charge on any atom is 0.238 e. The highest BCUT2D eigenvalue weighted by molar-refractivity contribution is 7.89. The van der Waals surface area contributed by atoms with Crippen LogP contribution in [0.3, 0.4) is 0 Å². The van der Waals surface area contributed by atoms with Gasteiger partial charge >= 0.3 is 0 Å². The topological polar surface area (TPSA) is 129 Å². The van der Waals surface area contributed by atoms with Gasteiger partial charge in [-0.15, -0.1) is 0 Å².